The number of aliphatic hydroxyl groups excluding tert-OH is 1. The Balaban J connectivity index is 1.62. The minimum atomic E-state index is -0.430. The van der Waals surface area contributed by atoms with Crippen molar-refractivity contribution in [3.63, 3.8) is 0 Å². The summed E-state index contributed by atoms with van der Waals surface area (Å²) in [5, 5.41) is 11.8. The molecule has 5 rings (SSSR count). The molecule has 7 heteroatoms. The monoisotopic (exact) mass is 489 g/mol. The van der Waals surface area contributed by atoms with Crippen molar-refractivity contribution in [1.82, 2.24) is 14.4 Å². The SMILES string of the molecule is CCC(=O)N1CCC2(CC1)CN(C(=O)Cc1ccccc1)[C@H](CO)c1c2c2ccc(OC)cc2n1C. The van der Waals surface area contributed by atoms with E-state index in [4.69, 9.17) is 4.74 Å². The molecule has 1 saturated heterocycles. The van der Waals surface area contributed by atoms with E-state index in [0.29, 0.717) is 32.5 Å². The average molecular weight is 490 g/mol. The van der Waals surface area contributed by atoms with Gasteiger partial charge < -0.3 is 24.2 Å². The molecule has 1 spiro atoms. The van der Waals surface area contributed by atoms with Crippen LogP contribution in [0.3, 0.4) is 0 Å². The summed E-state index contributed by atoms with van der Waals surface area (Å²) in [6.45, 7) is 3.63. The Bertz CT molecular complexity index is 1270. The van der Waals surface area contributed by atoms with Crippen molar-refractivity contribution in [3.05, 3.63) is 65.4 Å². The number of ether oxygens (including phenoxy) is 1. The molecule has 0 aliphatic carbocycles. The topological polar surface area (TPSA) is 75.0 Å². The highest BCUT2D eigenvalue weighted by Crippen LogP contribution is 2.50. The molecule has 3 aromatic rings. The first-order valence-electron chi connectivity index (χ1n) is 12.8. The maximum absolute atomic E-state index is 13.7. The number of carbonyl (C=O) groups is 2. The summed E-state index contributed by atoms with van der Waals surface area (Å²) in [6, 6.07) is 15.5. The number of carbonyl (C=O) groups excluding carboxylic acids is 2. The van der Waals surface area contributed by atoms with E-state index in [9.17, 15) is 14.7 Å². The van der Waals surface area contributed by atoms with E-state index >= 15 is 0 Å². The van der Waals surface area contributed by atoms with E-state index in [2.05, 4.69) is 10.6 Å². The molecule has 2 aromatic carbocycles. The lowest BCUT2D eigenvalue weighted by molar-refractivity contribution is -0.138. The molecule has 0 bridgehead atoms. The maximum Gasteiger partial charge on any atom is 0.227 e. The van der Waals surface area contributed by atoms with Crippen molar-refractivity contribution in [2.45, 2.75) is 44.1 Å². The summed E-state index contributed by atoms with van der Waals surface area (Å²) in [7, 11) is 3.67. The van der Waals surface area contributed by atoms with Gasteiger partial charge in [-0.25, -0.2) is 0 Å². The van der Waals surface area contributed by atoms with Gasteiger partial charge in [0, 0.05) is 55.7 Å². The second-order valence-electron chi connectivity index (χ2n) is 10.1. The summed E-state index contributed by atoms with van der Waals surface area (Å²) in [5.41, 5.74) is 3.91. The second-order valence-corrected chi connectivity index (χ2v) is 10.1. The molecule has 36 heavy (non-hydrogen) atoms. The van der Waals surface area contributed by atoms with Gasteiger partial charge in [0.25, 0.3) is 0 Å². The Morgan fingerprint density at radius 2 is 1.81 bits per heavy atom. The second kappa shape index (κ2) is 9.62. The summed E-state index contributed by atoms with van der Waals surface area (Å²) in [5.74, 6) is 0.962. The highest BCUT2D eigenvalue weighted by molar-refractivity contribution is 5.90. The fourth-order valence-corrected chi connectivity index (χ4v) is 6.31. The number of amides is 2. The largest absolute Gasteiger partial charge is 0.497 e. The van der Waals surface area contributed by atoms with E-state index in [1.807, 2.05) is 66.2 Å². The quantitative estimate of drug-likeness (QED) is 0.595. The van der Waals surface area contributed by atoms with Crippen LogP contribution in [0.25, 0.3) is 10.9 Å². The van der Waals surface area contributed by atoms with Crippen LogP contribution in [0.2, 0.25) is 0 Å². The molecule has 0 saturated carbocycles. The van der Waals surface area contributed by atoms with Crippen molar-refractivity contribution >= 4 is 22.7 Å². The Morgan fingerprint density at radius 3 is 2.44 bits per heavy atom. The first-order valence-corrected chi connectivity index (χ1v) is 12.8. The van der Waals surface area contributed by atoms with Crippen molar-refractivity contribution in [2.75, 3.05) is 33.4 Å². The number of aromatic nitrogens is 1. The first kappa shape index (κ1) is 24.4. The third kappa shape index (κ3) is 3.95. The fourth-order valence-electron chi connectivity index (χ4n) is 6.31. The number of rotatable bonds is 5. The van der Waals surface area contributed by atoms with Gasteiger partial charge in [-0.1, -0.05) is 37.3 Å². The van der Waals surface area contributed by atoms with E-state index < -0.39 is 6.04 Å². The van der Waals surface area contributed by atoms with Crippen LogP contribution in [0.1, 0.15) is 49.0 Å². The van der Waals surface area contributed by atoms with Crippen LogP contribution in [-0.4, -0.2) is 64.6 Å². The van der Waals surface area contributed by atoms with Gasteiger partial charge in [0.15, 0.2) is 0 Å². The molecular formula is C29H35N3O4. The van der Waals surface area contributed by atoms with Crippen LogP contribution in [-0.2, 0) is 28.5 Å². The highest BCUT2D eigenvalue weighted by atomic mass is 16.5. The number of piperidine rings is 1. The number of likely N-dealkylation sites (tertiary alicyclic amines) is 1. The van der Waals surface area contributed by atoms with Crippen LogP contribution in [0.4, 0.5) is 0 Å². The summed E-state index contributed by atoms with van der Waals surface area (Å²) in [4.78, 5) is 30.0. The lowest BCUT2D eigenvalue weighted by atomic mass is 9.68. The van der Waals surface area contributed by atoms with Crippen LogP contribution in [0.15, 0.2) is 48.5 Å². The lowest BCUT2D eigenvalue weighted by Crippen LogP contribution is -2.56. The number of methoxy groups -OCH3 is 1. The van der Waals surface area contributed by atoms with Gasteiger partial charge in [-0.3, -0.25) is 9.59 Å². The third-order valence-corrected chi connectivity index (χ3v) is 8.22. The molecule has 1 aromatic heterocycles. The summed E-state index contributed by atoms with van der Waals surface area (Å²) < 4.78 is 7.63. The van der Waals surface area contributed by atoms with Gasteiger partial charge >= 0.3 is 0 Å². The van der Waals surface area contributed by atoms with Crippen LogP contribution < -0.4 is 4.74 Å². The average Bonchev–Trinajstić information content (AvgIpc) is 3.21. The molecule has 2 aliphatic heterocycles. The lowest BCUT2D eigenvalue weighted by Gasteiger charge is -2.50. The van der Waals surface area contributed by atoms with Gasteiger partial charge in [0.05, 0.1) is 31.7 Å². The van der Waals surface area contributed by atoms with Crippen molar-refractivity contribution in [2.24, 2.45) is 7.05 Å². The molecule has 0 radical (unpaired) electrons. The van der Waals surface area contributed by atoms with Crippen molar-refractivity contribution in [1.29, 1.82) is 0 Å². The van der Waals surface area contributed by atoms with Crippen LogP contribution in [0.5, 0.6) is 5.75 Å². The van der Waals surface area contributed by atoms with E-state index in [1.165, 1.54) is 5.56 Å². The van der Waals surface area contributed by atoms with Crippen molar-refractivity contribution in [3.8, 4) is 5.75 Å². The Morgan fingerprint density at radius 1 is 1.08 bits per heavy atom. The minimum absolute atomic E-state index is 0.0141. The van der Waals surface area contributed by atoms with Gasteiger partial charge in [0.1, 0.15) is 5.75 Å². The van der Waals surface area contributed by atoms with Crippen LogP contribution >= 0.6 is 0 Å². The molecule has 7 nitrogen and oxygen atoms in total. The number of hydrogen-bond acceptors (Lipinski definition) is 4. The molecule has 1 N–H and O–H groups in total. The molecule has 2 aliphatic rings. The Labute approximate surface area is 212 Å². The highest BCUT2D eigenvalue weighted by Gasteiger charge is 2.49. The molecule has 1 atom stereocenters. The number of hydrogen-bond donors (Lipinski definition) is 1. The van der Waals surface area contributed by atoms with Gasteiger partial charge in [0.2, 0.25) is 11.8 Å². The van der Waals surface area contributed by atoms with E-state index in [1.54, 1.807) is 7.11 Å². The molecule has 3 heterocycles. The summed E-state index contributed by atoms with van der Waals surface area (Å²) >= 11 is 0. The number of aliphatic hydroxyl groups is 1. The Hall–Kier alpha value is -3.32. The summed E-state index contributed by atoms with van der Waals surface area (Å²) in [6.07, 6.45) is 2.36. The predicted octanol–water partition coefficient (Wildman–Crippen LogP) is 3.58. The zero-order valence-corrected chi connectivity index (χ0v) is 21.4. The molecule has 0 unspecified atom stereocenters. The number of fused-ring (bicyclic) bond motifs is 4. The fraction of sp³-hybridized carbons (Fsp3) is 0.448. The smallest absolute Gasteiger partial charge is 0.227 e. The predicted molar refractivity (Wildman–Crippen MR) is 139 cm³/mol. The van der Waals surface area contributed by atoms with E-state index in [-0.39, 0.29) is 23.8 Å². The number of nitrogens with zero attached hydrogens (tertiary/aromatic N) is 3. The van der Waals surface area contributed by atoms with E-state index in [0.717, 1.165) is 40.8 Å². The van der Waals surface area contributed by atoms with Crippen LogP contribution in [0, 0.1) is 0 Å². The Kier molecular flexibility index (Phi) is 6.51. The number of benzene rings is 2. The van der Waals surface area contributed by atoms with Crippen molar-refractivity contribution < 1.29 is 19.4 Å². The molecule has 1 fully saturated rings. The van der Waals surface area contributed by atoms with Gasteiger partial charge in [-0.15, -0.1) is 0 Å². The standard InChI is InChI=1S/C29H35N3O4/c1-4-25(34)31-14-12-29(13-15-31)19-32(26(35)16-20-8-6-5-7-9-20)24(18-33)28-27(29)22-11-10-21(36-3)17-23(22)30(28)2/h5-11,17,24,33H,4,12-16,18-19H2,1-3H3/t24-/m1/s1. The van der Waals surface area contributed by atoms with Gasteiger partial charge in [-0.2, -0.15) is 0 Å². The first-order chi connectivity index (χ1) is 17.4. The van der Waals surface area contributed by atoms with Gasteiger partial charge in [-0.05, 0) is 36.1 Å². The number of aryl methyl sites for hydroxylation is 1. The third-order valence-electron chi connectivity index (χ3n) is 8.22. The molecule has 190 valence electrons. The zero-order valence-electron chi connectivity index (χ0n) is 21.4. The normalized spacial score (nSPS) is 18.9. The minimum Gasteiger partial charge on any atom is -0.497 e. The molecular weight excluding hydrogens is 454 g/mol. The maximum atomic E-state index is 13.7. The molecule has 2 amide bonds. The zero-order chi connectivity index (χ0) is 25.4.